The zero-order chi connectivity index (χ0) is 21.3. The van der Waals surface area contributed by atoms with Gasteiger partial charge in [0.2, 0.25) is 0 Å². The van der Waals surface area contributed by atoms with Gasteiger partial charge in [-0.2, -0.15) is 5.10 Å². The van der Waals surface area contributed by atoms with E-state index in [1.165, 1.54) is 32.4 Å². The summed E-state index contributed by atoms with van der Waals surface area (Å²) in [6, 6.07) is 3.32. The lowest BCUT2D eigenvalue weighted by atomic mass is 10.3. The van der Waals surface area contributed by atoms with Gasteiger partial charge in [-0.25, -0.2) is 14.5 Å². The lowest BCUT2D eigenvalue weighted by molar-refractivity contribution is 0.0945. The van der Waals surface area contributed by atoms with Gasteiger partial charge >= 0.3 is 5.69 Å². The second-order valence-corrected chi connectivity index (χ2v) is 6.90. The van der Waals surface area contributed by atoms with E-state index in [-0.39, 0.29) is 17.1 Å². The second kappa shape index (κ2) is 7.90. The van der Waals surface area contributed by atoms with E-state index in [4.69, 9.17) is 0 Å². The van der Waals surface area contributed by atoms with Crippen molar-refractivity contribution < 1.29 is 4.79 Å². The van der Waals surface area contributed by atoms with E-state index >= 15 is 0 Å². The molecule has 0 fully saturated rings. The highest BCUT2D eigenvalue weighted by Crippen LogP contribution is 2.18. The zero-order valence-electron chi connectivity index (χ0n) is 16.7. The maximum atomic E-state index is 12.8. The van der Waals surface area contributed by atoms with Gasteiger partial charge in [-0.15, -0.1) is 0 Å². The Morgan fingerprint density at radius 2 is 1.87 bits per heavy atom. The van der Waals surface area contributed by atoms with E-state index in [9.17, 15) is 14.4 Å². The lowest BCUT2D eigenvalue weighted by Gasteiger charge is -2.09. The third-order valence-corrected chi connectivity index (χ3v) is 4.73. The SMILES string of the molecule is CCCn1c(=O)c2[nH]c(-c3cnn(C(=O)c4cccnc4)c3)nc2n(CCC)c1=O. The summed E-state index contributed by atoms with van der Waals surface area (Å²) in [5.41, 5.74) is 0.730. The van der Waals surface area contributed by atoms with E-state index in [1.807, 2.05) is 13.8 Å². The minimum absolute atomic E-state index is 0.262. The first-order valence-electron chi connectivity index (χ1n) is 9.78. The fourth-order valence-electron chi connectivity index (χ4n) is 3.33. The number of aromatic nitrogens is 7. The molecule has 4 aromatic heterocycles. The molecule has 0 radical (unpaired) electrons. The van der Waals surface area contributed by atoms with Gasteiger partial charge < -0.3 is 4.98 Å². The minimum Gasteiger partial charge on any atom is -0.332 e. The molecule has 0 atom stereocenters. The number of carbonyl (C=O) groups is 1. The molecule has 0 aliphatic carbocycles. The lowest BCUT2D eigenvalue weighted by Crippen LogP contribution is -2.40. The van der Waals surface area contributed by atoms with Gasteiger partial charge in [-0.1, -0.05) is 13.8 Å². The Kier molecular flexibility index (Phi) is 5.13. The zero-order valence-corrected chi connectivity index (χ0v) is 16.7. The molecule has 154 valence electrons. The van der Waals surface area contributed by atoms with Crippen LogP contribution in [0.1, 0.15) is 37.0 Å². The maximum Gasteiger partial charge on any atom is 0.332 e. The summed E-state index contributed by atoms with van der Waals surface area (Å²) < 4.78 is 3.93. The molecule has 0 aliphatic rings. The van der Waals surface area contributed by atoms with Crippen molar-refractivity contribution in [1.82, 2.24) is 33.9 Å². The molecule has 0 saturated carbocycles. The van der Waals surface area contributed by atoms with Crippen molar-refractivity contribution in [3.63, 3.8) is 0 Å². The molecule has 10 heteroatoms. The maximum absolute atomic E-state index is 12.8. The normalized spacial score (nSPS) is 11.3. The fraction of sp³-hybridized carbons (Fsp3) is 0.300. The van der Waals surface area contributed by atoms with Crippen molar-refractivity contribution >= 4 is 17.1 Å². The largest absolute Gasteiger partial charge is 0.332 e. The first-order valence-corrected chi connectivity index (χ1v) is 9.78. The summed E-state index contributed by atoms with van der Waals surface area (Å²) in [4.78, 5) is 49.6. The molecule has 0 unspecified atom stereocenters. The Hall–Kier alpha value is -3.82. The van der Waals surface area contributed by atoms with Crippen LogP contribution >= 0.6 is 0 Å². The van der Waals surface area contributed by atoms with Crippen LogP contribution in [-0.2, 0) is 13.1 Å². The van der Waals surface area contributed by atoms with Crippen LogP contribution < -0.4 is 11.2 Å². The van der Waals surface area contributed by atoms with Crippen LogP contribution in [0.4, 0.5) is 0 Å². The Balaban J connectivity index is 1.81. The van der Waals surface area contributed by atoms with Crippen molar-refractivity contribution in [2.45, 2.75) is 39.8 Å². The summed E-state index contributed by atoms with van der Waals surface area (Å²) in [5.74, 6) is 0.0319. The average Bonchev–Trinajstić information content (AvgIpc) is 3.42. The number of nitrogens with one attached hydrogen (secondary N) is 1. The van der Waals surface area contributed by atoms with Gasteiger partial charge in [0.1, 0.15) is 11.3 Å². The molecule has 0 aromatic carbocycles. The highest BCUT2D eigenvalue weighted by atomic mass is 16.2. The molecule has 0 saturated heterocycles. The van der Waals surface area contributed by atoms with Crippen LogP contribution in [0.2, 0.25) is 0 Å². The molecule has 0 bridgehead atoms. The predicted octanol–water partition coefficient (Wildman–Crippen LogP) is 1.65. The van der Waals surface area contributed by atoms with Crippen molar-refractivity contribution in [3.8, 4) is 11.4 Å². The molecular weight excluding hydrogens is 386 g/mol. The Bertz CT molecular complexity index is 1330. The van der Waals surface area contributed by atoms with E-state index in [0.29, 0.717) is 42.1 Å². The molecule has 4 heterocycles. The van der Waals surface area contributed by atoms with Crippen LogP contribution in [0.15, 0.2) is 46.5 Å². The molecule has 1 N–H and O–H groups in total. The van der Waals surface area contributed by atoms with Crippen LogP contribution in [0, 0.1) is 0 Å². The molecule has 4 rings (SSSR count). The minimum atomic E-state index is -0.401. The number of aromatic amines is 1. The van der Waals surface area contributed by atoms with E-state index in [1.54, 1.807) is 18.3 Å². The van der Waals surface area contributed by atoms with Crippen molar-refractivity contribution in [1.29, 1.82) is 0 Å². The summed E-state index contributed by atoms with van der Waals surface area (Å²) >= 11 is 0. The Morgan fingerprint density at radius 1 is 1.10 bits per heavy atom. The number of hydrogen-bond donors (Lipinski definition) is 1. The summed E-state index contributed by atoms with van der Waals surface area (Å²) in [5, 5.41) is 4.11. The standard InChI is InChI=1S/C20H21N7O3/c1-3-8-25-17-15(19(29)26(9-4-2)20(25)30)23-16(24-17)14-11-22-27(12-14)18(28)13-6-5-7-21-10-13/h5-7,10-12H,3-4,8-9H2,1-2H3,(H,23,24). The number of carbonyl (C=O) groups excluding carboxylic acids is 1. The van der Waals surface area contributed by atoms with Gasteiger partial charge in [0.25, 0.3) is 11.5 Å². The van der Waals surface area contributed by atoms with Crippen molar-refractivity contribution in [2.75, 3.05) is 0 Å². The highest BCUT2D eigenvalue weighted by Gasteiger charge is 2.19. The van der Waals surface area contributed by atoms with Crippen LogP contribution in [-0.4, -0.2) is 39.8 Å². The molecule has 0 aliphatic heterocycles. The smallest absolute Gasteiger partial charge is 0.332 e. The van der Waals surface area contributed by atoms with Crippen LogP contribution in [0.25, 0.3) is 22.6 Å². The third-order valence-electron chi connectivity index (χ3n) is 4.73. The van der Waals surface area contributed by atoms with Crippen LogP contribution in [0.5, 0.6) is 0 Å². The van der Waals surface area contributed by atoms with Crippen molar-refractivity contribution in [3.05, 3.63) is 63.3 Å². The second-order valence-electron chi connectivity index (χ2n) is 6.90. The number of hydrogen-bond acceptors (Lipinski definition) is 6. The number of pyridine rings is 1. The predicted molar refractivity (Wildman–Crippen MR) is 110 cm³/mol. The number of aryl methyl sites for hydroxylation is 1. The van der Waals surface area contributed by atoms with E-state index in [0.717, 1.165) is 6.42 Å². The number of imidazole rings is 1. The number of nitrogens with zero attached hydrogens (tertiary/aromatic N) is 6. The van der Waals surface area contributed by atoms with Crippen molar-refractivity contribution in [2.24, 2.45) is 0 Å². The van der Waals surface area contributed by atoms with E-state index in [2.05, 4.69) is 20.1 Å². The Morgan fingerprint density at radius 3 is 2.57 bits per heavy atom. The topological polar surface area (TPSA) is 120 Å². The number of H-pyrrole nitrogens is 1. The summed E-state index contributed by atoms with van der Waals surface area (Å²) in [6.07, 6.45) is 7.44. The molecule has 0 amide bonds. The Labute approximate surface area is 170 Å². The van der Waals surface area contributed by atoms with Gasteiger partial charge in [-0.05, 0) is 25.0 Å². The van der Waals surface area contributed by atoms with Gasteiger partial charge in [0.15, 0.2) is 5.65 Å². The molecule has 30 heavy (non-hydrogen) atoms. The monoisotopic (exact) mass is 407 g/mol. The van der Waals surface area contributed by atoms with Gasteiger partial charge in [-0.3, -0.25) is 23.7 Å². The van der Waals surface area contributed by atoms with Crippen LogP contribution in [0.3, 0.4) is 0 Å². The third kappa shape index (κ3) is 3.25. The highest BCUT2D eigenvalue weighted by molar-refractivity contribution is 5.95. The van der Waals surface area contributed by atoms with Gasteiger partial charge in [0.05, 0.1) is 17.3 Å². The quantitative estimate of drug-likeness (QED) is 0.519. The summed E-state index contributed by atoms with van der Waals surface area (Å²) in [6.45, 7) is 4.65. The molecule has 4 aromatic rings. The first kappa shape index (κ1) is 19.5. The van der Waals surface area contributed by atoms with E-state index < -0.39 is 5.56 Å². The van der Waals surface area contributed by atoms with Gasteiger partial charge in [0, 0.05) is 31.7 Å². The molecular formula is C20H21N7O3. The summed E-state index contributed by atoms with van der Waals surface area (Å²) in [7, 11) is 0. The molecule has 10 nitrogen and oxygen atoms in total. The average molecular weight is 407 g/mol. The number of rotatable bonds is 6. The first-order chi connectivity index (χ1) is 14.5. The fourth-order valence-corrected chi connectivity index (χ4v) is 3.33. The molecule has 0 spiro atoms. The number of fused-ring (bicyclic) bond motifs is 1.